The Morgan fingerprint density at radius 1 is 1.38 bits per heavy atom. The highest BCUT2D eigenvalue weighted by atomic mass is 35.5. The van der Waals surface area contributed by atoms with Crippen molar-refractivity contribution in [1.29, 1.82) is 0 Å². The number of ether oxygens (including phenoxy) is 2. The summed E-state index contributed by atoms with van der Waals surface area (Å²) in [6, 6.07) is 4.19. The lowest BCUT2D eigenvalue weighted by Gasteiger charge is -2.48. The normalized spacial score (nSPS) is 25.4. The molecule has 0 aromatic heterocycles. The van der Waals surface area contributed by atoms with E-state index in [9.17, 15) is 14.0 Å². The summed E-state index contributed by atoms with van der Waals surface area (Å²) in [7, 11) is 0. The van der Waals surface area contributed by atoms with Crippen LogP contribution in [0.15, 0.2) is 18.2 Å². The molecule has 1 saturated heterocycles. The summed E-state index contributed by atoms with van der Waals surface area (Å²) >= 11 is 5.97. The maximum Gasteiger partial charge on any atom is 0.302 e. The van der Waals surface area contributed by atoms with Crippen molar-refractivity contribution in [2.45, 2.75) is 38.0 Å². The summed E-state index contributed by atoms with van der Waals surface area (Å²) in [5.41, 5.74) is 6.22. The highest BCUT2D eigenvalue weighted by molar-refractivity contribution is 6.31. The van der Waals surface area contributed by atoms with Gasteiger partial charge in [0.15, 0.2) is 0 Å². The molecule has 1 amide bonds. The van der Waals surface area contributed by atoms with Crippen LogP contribution in [0.2, 0.25) is 5.02 Å². The first kappa shape index (κ1) is 19.1. The largest absolute Gasteiger partial charge is 0.464 e. The molecule has 8 heteroatoms. The average molecular weight is 385 g/mol. The molecule has 2 aliphatic rings. The Balaban J connectivity index is 1.37. The van der Waals surface area contributed by atoms with Crippen LogP contribution in [0.3, 0.4) is 0 Å². The second kappa shape index (κ2) is 7.50. The fourth-order valence-corrected chi connectivity index (χ4v) is 3.51. The van der Waals surface area contributed by atoms with Gasteiger partial charge in [0, 0.05) is 31.0 Å². The number of nitrogens with two attached hydrogens (primary N) is 1. The van der Waals surface area contributed by atoms with Crippen LogP contribution in [-0.4, -0.2) is 48.1 Å². The van der Waals surface area contributed by atoms with E-state index in [0.717, 1.165) is 5.56 Å². The number of nitrogens with zero attached hydrogens (tertiary/aromatic N) is 1. The monoisotopic (exact) mass is 384 g/mol. The molecule has 0 spiro atoms. The van der Waals surface area contributed by atoms with Crippen LogP contribution in [-0.2, 0) is 25.7 Å². The topological polar surface area (TPSA) is 81.9 Å². The predicted octanol–water partition coefficient (Wildman–Crippen LogP) is 1.88. The van der Waals surface area contributed by atoms with E-state index in [4.69, 9.17) is 26.8 Å². The third kappa shape index (κ3) is 4.34. The number of esters is 1. The van der Waals surface area contributed by atoms with Gasteiger partial charge in [-0.25, -0.2) is 4.39 Å². The fraction of sp³-hybridized carbons (Fsp3) is 0.556. The van der Waals surface area contributed by atoms with Crippen LogP contribution in [0.25, 0.3) is 0 Å². The highest BCUT2D eigenvalue weighted by Crippen LogP contribution is 2.38. The summed E-state index contributed by atoms with van der Waals surface area (Å²) in [6.07, 6.45) is 0.988. The lowest BCUT2D eigenvalue weighted by Crippen LogP contribution is -2.63. The van der Waals surface area contributed by atoms with Crippen LogP contribution in [0.5, 0.6) is 0 Å². The fourth-order valence-electron chi connectivity index (χ4n) is 3.29. The van der Waals surface area contributed by atoms with Crippen molar-refractivity contribution in [3.05, 3.63) is 34.6 Å². The second-order valence-corrected chi connectivity index (χ2v) is 7.57. The van der Waals surface area contributed by atoms with E-state index in [1.54, 1.807) is 11.0 Å². The molecule has 0 radical (unpaired) electrons. The molecule has 1 heterocycles. The first-order chi connectivity index (χ1) is 12.3. The van der Waals surface area contributed by atoms with Gasteiger partial charge in [-0.15, -0.1) is 0 Å². The Morgan fingerprint density at radius 2 is 2.08 bits per heavy atom. The molecule has 2 fully saturated rings. The van der Waals surface area contributed by atoms with Gasteiger partial charge >= 0.3 is 5.97 Å². The average Bonchev–Trinajstić information content (AvgIpc) is 2.50. The number of carbonyl (C=O) groups excluding carboxylic acids is 2. The minimum absolute atomic E-state index is 0.0520. The minimum Gasteiger partial charge on any atom is -0.464 e. The van der Waals surface area contributed by atoms with Gasteiger partial charge in [0.25, 0.3) is 0 Å². The summed E-state index contributed by atoms with van der Waals surface area (Å²) in [5.74, 6) is -0.811. The smallest absolute Gasteiger partial charge is 0.302 e. The van der Waals surface area contributed by atoms with Crippen molar-refractivity contribution >= 4 is 23.5 Å². The van der Waals surface area contributed by atoms with Crippen molar-refractivity contribution in [2.75, 3.05) is 19.7 Å². The number of hydrogen-bond donors (Lipinski definition) is 1. The van der Waals surface area contributed by atoms with Gasteiger partial charge in [0.1, 0.15) is 12.4 Å². The van der Waals surface area contributed by atoms with E-state index >= 15 is 0 Å². The molecule has 1 aliphatic heterocycles. The Hall–Kier alpha value is -1.70. The molecule has 2 N–H and O–H groups in total. The standard InChI is InChI=1S/C18H22ClFN2O4/c1-11(23)26-10-18(21)5-13(6-18)17(24)22-7-15(8-22)25-9-12-2-3-14(20)4-16(12)19/h2-4,13,15H,5-10,21H2,1H3. The second-order valence-electron chi connectivity index (χ2n) is 7.16. The van der Waals surface area contributed by atoms with Gasteiger partial charge in [0.05, 0.1) is 18.2 Å². The zero-order valence-electron chi connectivity index (χ0n) is 14.5. The van der Waals surface area contributed by atoms with Crippen LogP contribution >= 0.6 is 11.6 Å². The summed E-state index contributed by atoms with van der Waals surface area (Å²) < 4.78 is 23.7. The first-order valence-corrected chi connectivity index (χ1v) is 8.90. The SMILES string of the molecule is CC(=O)OCC1(N)CC(C(=O)N2CC(OCc3ccc(F)cc3Cl)C2)C1. The zero-order valence-corrected chi connectivity index (χ0v) is 15.3. The van der Waals surface area contributed by atoms with E-state index < -0.39 is 5.54 Å². The molecule has 3 rings (SSSR count). The van der Waals surface area contributed by atoms with Crippen LogP contribution in [0.4, 0.5) is 4.39 Å². The Bertz CT molecular complexity index is 702. The molecule has 1 aliphatic carbocycles. The summed E-state index contributed by atoms with van der Waals surface area (Å²) in [4.78, 5) is 25.0. The van der Waals surface area contributed by atoms with E-state index in [1.807, 2.05) is 0 Å². The Labute approximate surface area is 156 Å². The molecule has 0 unspecified atom stereocenters. The maximum absolute atomic E-state index is 13.0. The minimum atomic E-state index is -0.591. The molecular weight excluding hydrogens is 363 g/mol. The lowest BCUT2D eigenvalue weighted by molar-refractivity contribution is -0.157. The van der Waals surface area contributed by atoms with E-state index in [0.29, 0.717) is 31.0 Å². The molecule has 1 aromatic rings. The van der Waals surface area contributed by atoms with Crippen molar-refractivity contribution in [3.8, 4) is 0 Å². The molecule has 142 valence electrons. The van der Waals surface area contributed by atoms with Crippen molar-refractivity contribution in [2.24, 2.45) is 11.7 Å². The number of amides is 1. The molecule has 0 atom stereocenters. The Kier molecular flexibility index (Phi) is 5.50. The first-order valence-electron chi connectivity index (χ1n) is 8.52. The number of likely N-dealkylation sites (tertiary alicyclic amines) is 1. The molecule has 6 nitrogen and oxygen atoms in total. The number of benzene rings is 1. The molecule has 0 bridgehead atoms. The number of hydrogen-bond acceptors (Lipinski definition) is 5. The third-order valence-corrected chi connectivity index (χ3v) is 5.22. The Morgan fingerprint density at radius 3 is 2.69 bits per heavy atom. The molecular formula is C18H22ClFN2O4. The van der Waals surface area contributed by atoms with E-state index in [2.05, 4.69) is 0 Å². The van der Waals surface area contributed by atoms with Gasteiger partial charge < -0.3 is 20.1 Å². The number of carbonyl (C=O) groups is 2. The van der Waals surface area contributed by atoms with Gasteiger partial charge in [0.2, 0.25) is 5.91 Å². The molecule has 26 heavy (non-hydrogen) atoms. The van der Waals surface area contributed by atoms with Gasteiger partial charge in [-0.2, -0.15) is 0 Å². The maximum atomic E-state index is 13.0. The molecule has 1 aromatic carbocycles. The quantitative estimate of drug-likeness (QED) is 0.757. The lowest BCUT2D eigenvalue weighted by atomic mass is 9.68. The van der Waals surface area contributed by atoms with Crippen molar-refractivity contribution in [1.82, 2.24) is 4.90 Å². The van der Waals surface area contributed by atoms with Crippen LogP contribution in [0, 0.1) is 11.7 Å². The van der Waals surface area contributed by atoms with E-state index in [1.165, 1.54) is 19.1 Å². The third-order valence-electron chi connectivity index (χ3n) is 4.87. The predicted molar refractivity (Wildman–Crippen MR) is 92.8 cm³/mol. The number of rotatable bonds is 6. The van der Waals surface area contributed by atoms with E-state index in [-0.39, 0.29) is 42.9 Å². The van der Waals surface area contributed by atoms with Crippen molar-refractivity contribution in [3.63, 3.8) is 0 Å². The van der Waals surface area contributed by atoms with Crippen LogP contribution < -0.4 is 5.73 Å². The highest BCUT2D eigenvalue weighted by Gasteiger charge is 2.48. The summed E-state index contributed by atoms with van der Waals surface area (Å²) in [5, 5.41) is 0.332. The van der Waals surface area contributed by atoms with Gasteiger partial charge in [-0.1, -0.05) is 17.7 Å². The van der Waals surface area contributed by atoms with Gasteiger partial charge in [-0.3, -0.25) is 9.59 Å². The van der Waals surface area contributed by atoms with Crippen LogP contribution in [0.1, 0.15) is 25.3 Å². The zero-order chi connectivity index (χ0) is 18.9. The molecule has 1 saturated carbocycles. The van der Waals surface area contributed by atoms with Gasteiger partial charge in [-0.05, 0) is 30.5 Å². The number of halogens is 2. The summed E-state index contributed by atoms with van der Waals surface area (Å²) in [6.45, 7) is 2.81. The van der Waals surface area contributed by atoms with Crippen molar-refractivity contribution < 1.29 is 23.5 Å².